The van der Waals surface area contributed by atoms with Crippen LogP contribution in [0.5, 0.6) is 0 Å². The zero-order valence-electron chi connectivity index (χ0n) is 16.7. The van der Waals surface area contributed by atoms with Crippen LogP contribution in [-0.2, 0) is 4.79 Å². The quantitative estimate of drug-likeness (QED) is 0.383. The molecule has 170 valence electrons. The minimum Gasteiger partial charge on any atom is -0.304 e. The summed E-state index contributed by atoms with van der Waals surface area (Å²) in [5.41, 5.74) is 0.394. The zero-order chi connectivity index (χ0) is 24.0. The van der Waals surface area contributed by atoms with E-state index in [9.17, 15) is 23.6 Å². The van der Waals surface area contributed by atoms with Gasteiger partial charge in [0, 0.05) is 0 Å². The lowest BCUT2D eigenvalue weighted by molar-refractivity contribution is -0.116. The Morgan fingerprint density at radius 3 is 2.41 bits per heavy atom. The standard InChI is InChI=1S/C20H10BrFN6O6/c21-12-7-9(5-6-13(12)22)28-17(26-33-20(28)32)15-16(25-34-24-15)23-14(29)8-27-18(30)10-3-1-2-4-11(10)19(27)31/h1-7H,8H2,(H,23,25,29). The Kier molecular flexibility index (Phi) is 5.13. The van der Waals surface area contributed by atoms with Gasteiger partial charge >= 0.3 is 5.76 Å². The molecular formula is C20H10BrFN6O6. The van der Waals surface area contributed by atoms with E-state index in [1.165, 1.54) is 24.3 Å². The third-order valence-electron chi connectivity index (χ3n) is 4.90. The van der Waals surface area contributed by atoms with Gasteiger partial charge in [0.2, 0.25) is 17.5 Å². The van der Waals surface area contributed by atoms with Gasteiger partial charge in [-0.25, -0.2) is 18.4 Å². The van der Waals surface area contributed by atoms with E-state index in [1.54, 1.807) is 12.1 Å². The van der Waals surface area contributed by atoms with Crippen LogP contribution in [0, 0.1) is 5.82 Å². The lowest BCUT2D eigenvalue weighted by atomic mass is 10.1. The van der Waals surface area contributed by atoms with Gasteiger partial charge < -0.3 is 5.32 Å². The fourth-order valence-corrected chi connectivity index (χ4v) is 3.73. The highest BCUT2D eigenvalue weighted by atomic mass is 79.9. The van der Waals surface area contributed by atoms with Gasteiger partial charge in [0.1, 0.15) is 12.4 Å². The first-order chi connectivity index (χ1) is 16.3. The van der Waals surface area contributed by atoms with E-state index in [1.807, 2.05) is 0 Å². The van der Waals surface area contributed by atoms with Crippen molar-refractivity contribution >= 4 is 39.5 Å². The molecule has 34 heavy (non-hydrogen) atoms. The van der Waals surface area contributed by atoms with Crippen molar-refractivity contribution in [1.82, 2.24) is 24.9 Å². The first kappa shape index (κ1) is 21.4. The largest absolute Gasteiger partial charge is 0.446 e. The molecule has 1 aliphatic heterocycles. The molecule has 0 spiro atoms. The molecular weight excluding hydrogens is 519 g/mol. The number of nitrogens with one attached hydrogen (secondary N) is 1. The molecule has 0 unspecified atom stereocenters. The van der Waals surface area contributed by atoms with Crippen LogP contribution in [0.4, 0.5) is 10.2 Å². The summed E-state index contributed by atoms with van der Waals surface area (Å²) >= 11 is 3.03. The average molecular weight is 529 g/mol. The molecule has 0 atom stereocenters. The van der Waals surface area contributed by atoms with Gasteiger partial charge in [-0.2, -0.15) is 0 Å². The van der Waals surface area contributed by atoms with Crippen LogP contribution in [0.1, 0.15) is 20.7 Å². The summed E-state index contributed by atoms with van der Waals surface area (Å²) in [5, 5.41) is 13.3. The Labute approximate surface area is 196 Å². The molecule has 0 fully saturated rings. The number of amides is 3. The average Bonchev–Trinajstić information content (AvgIpc) is 3.49. The molecule has 4 aromatic rings. The molecule has 0 saturated heterocycles. The SMILES string of the molecule is O=C(CN1C(=O)c2ccccc2C1=O)Nc1nonc1-c1noc(=O)n1-c1ccc(F)c(Br)c1. The van der Waals surface area contributed by atoms with Crippen molar-refractivity contribution in [3.05, 3.63) is 74.4 Å². The van der Waals surface area contributed by atoms with Crippen molar-refractivity contribution in [3.8, 4) is 17.2 Å². The van der Waals surface area contributed by atoms with Gasteiger partial charge in [0.05, 0.1) is 21.3 Å². The van der Waals surface area contributed by atoms with Crippen LogP contribution in [-0.4, -0.2) is 49.2 Å². The predicted octanol–water partition coefficient (Wildman–Crippen LogP) is 2.01. The highest BCUT2D eigenvalue weighted by molar-refractivity contribution is 9.10. The van der Waals surface area contributed by atoms with Crippen LogP contribution < -0.4 is 11.1 Å². The van der Waals surface area contributed by atoms with E-state index < -0.39 is 35.8 Å². The van der Waals surface area contributed by atoms with Crippen LogP contribution in [0.25, 0.3) is 17.2 Å². The minimum absolute atomic E-state index is 0.0804. The van der Waals surface area contributed by atoms with Gasteiger partial charge in [-0.1, -0.05) is 17.3 Å². The lowest BCUT2D eigenvalue weighted by Gasteiger charge is -2.12. The van der Waals surface area contributed by atoms with E-state index in [0.29, 0.717) is 0 Å². The number of benzene rings is 2. The molecule has 14 heteroatoms. The van der Waals surface area contributed by atoms with Crippen molar-refractivity contribution in [2.75, 3.05) is 11.9 Å². The van der Waals surface area contributed by atoms with Gasteiger partial charge in [0.25, 0.3) is 11.8 Å². The van der Waals surface area contributed by atoms with E-state index in [2.05, 4.69) is 41.3 Å². The second kappa shape index (κ2) is 8.15. The number of hydrogen-bond donors (Lipinski definition) is 1. The van der Waals surface area contributed by atoms with Gasteiger partial charge in [-0.3, -0.25) is 23.8 Å². The molecule has 2 aromatic carbocycles. The Hall–Kier alpha value is -4.46. The fourth-order valence-electron chi connectivity index (χ4n) is 3.37. The van der Waals surface area contributed by atoms with Crippen molar-refractivity contribution in [3.63, 3.8) is 0 Å². The van der Waals surface area contributed by atoms with Crippen LogP contribution >= 0.6 is 15.9 Å². The monoisotopic (exact) mass is 528 g/mol. The number of carbonyl (C=O) groups is 3. The fraction of sp³-hybridized carbons (Fsp3) is 0.0500. The number of halogens is 2. The van der Waals surface area contributed by atoms with Crippen LogP contribution in [0.15, 0.2) is 60.9 Å². The van der Waals surface area contributed by atoms with E-state index in [0.717, 1.165) is 15.5 Å². The maximum absolute atomic E-state index is 13.6. The predicted molar refractivity (Wildman–Crippen MR) is 113 cm³/mol. The Morgan fingerprint density at radius 2 is 1.74 bits per heavy atom. The molecule has 0 saturated carbocycles. The number of imide groups is 1. The number of carbonyl (C=O) groups excluding carboxylic acids is 3. The normalized spacial score (nSPS) is 12.8. The van der Waals surface area contributed by atoms with Crippen LogP contribution in [0.2, 0.25) is 0 Å². The maximum Gasteiger partial charge on any atom is 0.446 e. The molecule has 2 aromatic heterocycles. The molecule has 0 aliphatic carbocycles. The molecule has 0 bridgehead atoms. The second-order valence-corrected chi connectivity index (χ2v) is 7.81. The molecule has 1 N–H and O–H groups in total. The summed E-state index contributed by atoms with van der Waals surface area (Å²) in [4.78, 5) is 50.6. The number of hydrogen-bond acceptors (Lipinski definition) is 9. The minimum atomic E-state index is -0.917. The molecule has 12 nitrogen and oxygen atoms in total. The Morgan fingerprint density at radius 1 is 1.03 bits per heavy atom. The van der Waals surface area contributed by atoms with Gasteiger partial charge in [0.15, 0.2) is 5.69 Å². The molecule has 3 amide bonds. The van der Waals surface area contributed by atoms with Crippen LogP contribution in [0.3, 0.4) is 0 Å². The third kappa shape index (κ3) is 3.49. The number of anilines is 1. The van der Waals surface area contributed by atoms with Gasteiger partial charge in [-0.15, -0.1) is 0 Å². The second-order valence-electron chi connectivity index (χ2n) is 6.96. The Balaban J connectivity index is 1.41. The first-order valence-electron chi connectivity index (χ1n) is 9.47. The lowest BCUT2D eigenvalue weighted by Crippen LogP contribution is -2.37. The first-order valence-corrected chi connectivity index (χ1v) is 10.3. The molecule has 3 heterocycles. The highest BCUT2D eigenvalue weighted by Crippen LogP contribution is 2.27. The molecule has 0 radical (unpaired) electrons. The topological polar surface area (TPSA) is 153 Å². The summed E-state index contributed by atoms with van der Waals surface area (Å²) in [6.45, 7) is -0.602. The number of aromatic nitrogens is 4. The Bertz CT molecular complexity index is 1510. The van der Waals surface area contributed by atoms with Crippen molar-refractivity contribution in [1.29, 1.82) is 0 Å². The van der Waals surface area contributed by atoms with Crippen molar-refractivity contribution in [2.45, 2.75) is 0 Å². The number of rotatable bonds is 5. The zero-order valence-corrected chi connectivity index (χ0v) is 18.3. The molecule has 5 rings (SSSR count). The summed E-state index contributed by atoms with van der Waals surface area (Å²) in [5.74, 6) is -3.92. The maximum atomic E-state index is 13.6. The smallest absolute Gasteiger partial charge is 0.304 e. The summed E-state index contributed by atoms with van der Waals surface area (Å²) < 4.78 is 24.0. The summed E-state index contributed by atoms with van der Waals surface area (Å²) in [6.07, 6.45) is 0. The summed E-state index contributed by atoms with van der Waals surface area (Å²) in [6, 6.07) is 9.93. The number of nitrogens with zero attached hydrogens (tertiary/aromatic N) is 5. The van der Waals surface area contributed by atoms with Crippen molar-refractivity contribution in [2.24, 2.45) is 0 Å². The van der Waals surface area contributed by atoms with E-state index >= 15 is 0 Å². The highest BCUT2D eigenvalue weighted by Gasteiger charge is 2.36. The van der Waals surface area contributed by atoms with E-state index in [4.69, 9.17) is 4.52 Å². The van der Waals surface area contributed by atoms with Gasteiger partial charge in [-0.05, 0) is 56.6 Å². The summed E-state index contributed by atoms with van der Waals surface area (Å²) in [7, 11) is 0. The van der Waals surface area contributed by atoms with Crippen molar-refractivity contribution < 1.29 is 27.9 Å². The van der Waals surface area contributed by atoms with E-state index in [-0.39, 0.29) is 38.6 Å². The molecule has 1 aliphatic rings. The third-order valence-corrected chi connectivity index (χ3v) is 5.51. The number of fused-ring (bicyclic) bond motifs is 1.